The number of benzene rings is 1. The molecule has 1 atom stereocenters. The molecule has 0 aromatic heterocycles. The van der Waals surface area contributed by atoms with Gasteiger partial charge in [0.2, 0.25) is 11.8 Å². The Bertz CT molecular complexity index is 653. The molecule has 1 N–H and O–H groups in total. The molecule has 8 heteroatoms. The van der Waals surface area contributed by atoms with Crippen LogP contribution in [0.3, 0.4) is 0 Å². The third kappa shape index (κ3) is 4.90. The van der Waals surface area contributed by atoms with Gasteiger partial charge in [-0.3, -0.25) is 14.5 Å². The highest BCUT2D eigenvalue weighted by Crippen LogP contribution is 2.25. The van der Waals surface area contributed by atoms with E-state index in [2.05, 4.69) is 5.32 Å². The standard InChI is InChI=1S/C19H27N3O5/c1-25-15-9-14(10-16(11-15)26-2)13-22-4-3-20-19(24)17(22)12-18(23)21-5-7-27-8-6-21/h9-11,17H,3-8,12-13H2,1-2H3,(H,20,24)/t17-/m0/s1. The molecule has 0 spiro atoms. The summed E-state index contributed by atoms with van der Waals surface area (Å²) < 4.78 is 16.0. The first kappa shape index (κ1) is 19.4. The van der Waals surface area contributed by atoms with Crippen LogP contribution in [0.25, 0.3) is 0 Å². The van der Waals surface area contributed by atoms with Crippen molar-refractivity contribution in [1.29, 1.82) is 0 Å². The quantitative estimate of drug-likeness (QED) is 0.766. The predicted octanol–water partition coefficient (Wildman–Crippen LogP) is 0.253. The number of rotatable bonds is 6. The van der Waals surface area contributed by atoms with Crippen LogP contribution in [0.5, 0.6) is 11.5 Å². The van der Waals surface area contributed by atoms with Crippen LogP contribution in [-0.4, -0.2) is 81.3 Å². The molecule has 2 fully saturated rings. The summed E-state index contributed by atoms with van der Waals surface area (Å²) in [6, 6.07) is 5.18. The number of nitrogens with zero attached hydrogens (tertiary/aromatic N) is 2. The monoisotopic (exact) mass is 377 g/mol. The Labute approximate surface area is 159 Å². The molecule has 27 heavy (non-hydrogen) atoms. The molecule has 2 aliphatic heterocycles. The van der Waals surface area contributed by atoms with Crippen molar-refractivity contribution >= 4 is 11.8 Å². The van der Waals surface area contributed by atoms with E-state index < -0.39 is 6.04 Å². The molecule has 2 amide bonds. The van der Waals surface area contributed by atoms with Gasteiger partial charge < -0.3 is 24.4 Å². The molecule has 2 heterocycles. The van der Waals surface area contributed by atoms with Crippen LogP contribution in [0.15, 0.2) is 18.2 Å². The van der Waals surface area contributed by atoms with Crippen LogP contribution in [0.2, 0.25) is 0 Å². The average Bonchev–Trinajstić information content (AvgIpc) is 2.70. The highest BCUT2D eigenvalue weighted by Gasteiger charge is 2.33. The lowest BCUT2D eigenvalue weighted by molar-refractivity contribution is -0.141. The maximum absolute atomic E-state index is 12.6. The molecule has 2 saturated heterocycles. The summed E-state index contributed by atoms with van der Waals surface area (Å²) in [5, 5.41) is 2.88. The second-order valence-corrected chi connectivity index (χ2v) is 6.70. The minimum Gasteiger partial charge on any atom is -0.497 e. The summed E-state index contributed by atoms with van der Waals surface area (Å²) in [5.74, 6) is 1.30. The smallest absolute Gasteiger partial charge is 0.237 e. The lowest BCUT2D eigenvalue weighted by Gasteiger charge is -2.36. The largest absolute Gasteiger partial charge is 0.497 e. The number of piperazine rings is 1. The van der Waals surface area contributed by atoms with E-state index in [4.69, 9.17) is 14.2 Å². The fourth-order valence-corrected chi connectivity index (χ4v) is 3.47. The lowest BCUT2D eigenvalue weighted by atomic mass is 10.1. The van der Waals surface area contributed by atoms with Gasteiger partial charge in [0.1, 0.15) is 11.5 Å². The summed E-state index contributed by atoms with van der Waals surface area (Å²) in [7, 11) is 3.22. The third-order valence-electron chi connectivity index (χ3n) is 4.97. The Kier molecular flexibility index (Phi) is 6.52. The van der Waals surface area contributed by atoms with Crippen molar-refractivity contribution in [2.75, 3.05) is 53.6 Å². The number of carbonyl (C=O) groups is 2. The first-order chi connectivity index (χ1) is 13.1. The van der Waals surface area contributed by atoms with Gasteiger partial charge in [-0.1, -0.05) is 0 Å². The van der Waals surface area contributed by atoms with Gasteiger partial charge in [0.05, 0.1) is 39.9 Å². The zero-order valence-electron chi connectivity index (χ0n) is 15.9. The molecule has 3 rings (SSSR count). The minimum atomic E-state index is -0.480. The van der Waals surface area contributed by atoms with Crippen LogP contribution in [0.4, 0.5) is 0 Å². The van der Waals surface area contributed by atoms with Crippen molar-refractivity contribution in [3.05, 3.63) is 23.8 Å². The van der Waals surface area contributed by atoms with Gasteiger partial charge >= 0.3 is 0 Å². The third-order valence-corrected chi connectivity index (χ3v) is 4.97. The van der Waals surface area contributed by atoms with Gasteiger partial charge in [0.25, 0.3) is 0 Å². The Morgan fingerprint density at radius 1 is 1.15 bits per heavy atom. The molecule has 0 aliphatic carbocycles. The molecule has 0 unspecified atom stereocenters. The summed E-state index contributed by atoms with van der Waals surface area (Å²) in [5.41, 5.74) is 0.977. The minimum absolute atomic E-state index is 0.00595. The van der Waals surface area contributed by atoms with E-state index in [0.29, 0.717) is 57.4 Å². The maximum atomic E-state index is 12.6. The summed E-state index contributed by atoms with van der Waals surface area (Å²) in [6.07, 6.45) is 0.174. The van der Waals surface area contributed by atoms with Crippen molar-refractivity contribution in [3.8, 4) is 11.5 Å². The SMILES string of the molecule is COc1cc(CN2CCNC(=O)[C@@H]2CC(=O)N2CCOCC2)cc(OC)c1. The molecule has 1 aromatic rings. The first-order valence-corrected chi connectivity index (χ1v) is 9.20. The Morgan fingerprint density at radius 2 is 1.81 bits per heavy atom. The van der Waals surface area contributed by atoms with E-state index in [9.17, 15) is 9.59 Å². The van der Waals surface area contributed by atoms with Crippen molar-refractivity contribution in [1.82, 2.24) is 15.1 Å². The lowest BCUT2D eigenvalue weighted by Crippen LogP contribution is -2.56. The molecule has 8 nitrogen and oxygen atoms in total. The topological polar surface area (TPSA) is 80.3 Å². The number of morpholine rings is 1. The van der Waals surface area contributed by atoms with Crippen LogP contribution >= 0.6 is 0 Å². The predicted molar refractivity (Wildman–Crippen MR) is 98.8 cm³/mol. The Balaban J connectivity index is 1.72. The number of amides is 2. The number of methoxy groups -OCH3 is 2. The van der Waals surface area contributed by atoms with Gasteiger partial charge in [-0.05, 0) is 17.7 Å². The van der Waals surface area contributed by atoms with E-state index >= 15 is 0 Å². The normalized spacial score (nSPS) is 20.9. The molecule has 148 valence electrons. The van der Waals surface area contributed by atoms with E-state index in [1.54, 1.807) is 19.1 Å². The van der Waals surface area contributed by atoms with Gasteiger partial charge in [-0.25, -0.2) is 0 Å². The molecule has 0 bridgehead atoms. The highest BCUT2D eigenvalue weighted by molar-refractivity contribution is 5.88. The zero-order valence-corrected chi connectivity index (χ0v) is 15.9. The van der Waals surface area contributed by atoms with Gasteiger partial charge in [0.15, 0.2) is 0 Å². The van der Waals surface area contributed by atoms with Crippen molar-refractivity contribution in [3.63, 3.8) is 0 Å². The number of hydrogen-bond acceptors (Lipinski definition) is 6. The second-order valence-electron chi connectivity index (χ2n) is 6.70. The Morgan fingerprint density at radius 3 is 2.44 bits per heavy atom. The van der Waals surface area contributed by atoms with E-state index in [1.807, 2.05) is 23.1 Å². The first-order valence-electron chi connectivity index (χ1n) is 9.20. The molecular weight excluding hydrogens is 350 g/mol. The summed E-state index contributed by atoms with van der Waals surface area (Å²) >= 11 is 0. The second kappa shape index (κ2) is 9.05. The van der Waals surface area contributed by atoms with Crippen molar-refractivity contribution < 1.29 is 23.8 Å². The van der Waals surface area contributed by atoms with Crippen LogP contribution in [-0.2, 0) is 20.9 Å². The molecule has 0 radical (unpaired) electrons. The summed E-state index contributed by atoms with van der Waals surface area (Å²) in [6.45, 7) is 4.07. The number of hydrogen-bond donors (Lipinski definition) is 1. The van der Waals surface area contributed by atoms with E-state index in [0.717, 1.165) is 5.56 Å². The molecule has 0 saturated carbocycles. The van der Waals surface area contributed by atoms with E-state index in [1.165, 1.54) is 0 Å². The fourth-order valence-electron chi connectivity index (χ4n) is 3.47. The zero-order chi connectivity index (χ0) is 19.2. The highest BCUT2D eigenvalue weighted by atomic mass is 16.5. The number of carbonyl (C=O) groups excluding carboxylic acids is 2. The number of nitrogens with one attached hydrogen (secondary N) is 1. The average molecular weight is 377 g/mol. The Hall–Kier alpha value is -2.32. The molecule has 1 aromatic carbocycles. The van der Waals surface area contributed by atoms with Gasteiger partial charge in [0, 0.05) is 38.8 Å². The maximum Gasteiger partial charge on any atom is 0.237 e. The van der Waals surface area contributed by atoms with Gasteiger partial charge in [-0.2, -0.15) is 0 Å². The molecular formula is C19H27N3O5. The van der Waals surface area contributed by atoms with Crippen LogP contribution < -0.4 is 14.8 Å². The van der Waals surface area contributed by atoms with Crippen molar-refractivity contribution in [2.24, 2.45) is 0 Å². The van der Waals surface area contributed by atoms with E-state index in [-0.39, 0.29) is 18.2 Å². The fraction of sp³-hybridized carbons (Fsp3) is 0.579. The summed E-state index contributed by atoms with van der Waals surface area (Å²) in [4.78, 5) is 28.9. The molecule has 2 aliphatic rings. The van der Waals surface area contributed by atoms with Gasteiger partial charge in [-0.15, -0.1) is 0 Å². The van der Waals surface area contributed by atoms with Crippen LogP contribution in [0, 0.1) is 0 Å². The number of ether oxygens (including phenoxy) is 3. The van der Waals surface area contributed by atoms with Crippen molar-refractivity contribution in [2.45, 2.75) is 19.0 Å². The van der Waals surface area contributed by atoms with Crippen LogP contribution in [0.1, 0.15) is 12.0 Å².